The van der Waals surface area contributed by atoms with E-state index in [1.54, 1.807) is 0 Å². The molecule has 0 radical (unpaired) electrons. The van der Waals surface area contributed by atoms with Crippen molar-refractivity contribution in [3.63, 3.8) is 0 Å². The highest BCUT2D eigenvalue weighted by atomic mass is 15.3. The van der Waals surface area contributed by atoms with E-state index in [2.05, 4.69) is 38.3 Å². The zero-order valence-electron chi connectivity index (χ0n) is 18.4. The van der Waals surface area contributed by atoms with Gasteiger partial charge in [-0.1, -0.05) is 32.0 Å². The van der Waals surface area contributed by atoms with E-state index in [4.69, 9.17) is 20.8 Å². The number of rotatable bonds is 6. The van der Waals surface area contributed by atoms with E-state index in [0.29, 0.717) is 18.0 Å². The van der Waals surface area contributed by atoms with E-state index in [0.717, 1.165) is 53.9 Å². The number of nitrogens with one attached hydrogen (secondary N) is 2. The molecule has 7 heteroatoms. The molecular weight excluding hydrogens is 374 g/mol. The van der Waals surface area contributed by atoms with Crippen molar-refractivity contribution in [1.82, 2.24) is 19.7 Å². The number of nitrogens with two attached hydrogens (primary N) is 1. The smallest absolute Gasteiger partial charge is 0.225 e. The summed E-state index contributed by atoms with van der Waals surface area (Å²) in [6.07, 6.45) is 4.17. The van der Waals surface area contributed by atoms with Crippen molar-refractivity contribution >= 4 is 28.5 Å². The number of fused-ring (bicyclic) bond motifs is 1. The average molecular weight is 408 g/mol. The first-order valence-corrected chi connectivity index (χ1v) is 11.1. The molecule has 2 heterocycles. The van der Waals surface area contributed by atoms with Crippen LogP contribution in [0.15, 0.2) is 30.3 Å². The minimum Gasteiger partial charge on any atom is -0.351 e. The van der Waals surface area contributed by atoms with E-state index >= 15 is 0 Å². The first-order valence-electron chi connectivity index (χ1n) is 11.1. The number of hydrogen-bond acceptors (Lipinski definition) is 6. The van der Waals surface area contributed by atoms with Crippen LogP contribution in [0.1, 0.15) is 71.0 Å². The fraction of sp³-hybridized carbons (Fsp3) is 0.522. The maximum absolute atomic E-state index is 6.08. The summed E-state index contributed by atoms with van der Waals surface area (Å²) in [5.41, 5.74) is 9.95. The second-order valence-electron chi connectivity index (χ2n) is 8.92. The predicted octanol–water partition coefficient (Wildman–Crippen LogP) is 4.96. The van der Waals surface area contributed by atoms with Gasteiger partial charge in [0.2, 0.25) is 5.95 Å². The van der Waals surface area contributed by atoms with Crippen molar-refractivity contribution in [1.29, 1.82) is 0 Å². The summed E-state index contributed by atoms with van der Waals surface area (Å²) in [5.74, 6) is 1.72. The van der Waals surface area contributed by atoms with Gasteiger partial charge in [-0.2, -0.15) is 10.1 Å². The first-order chi connectivity index (χ1) is 14.4. The second-order valence-corrected chi connectivity index (χ2v) is 8.92. The molecule has 160 valence electrons. The molecule has 3 aromatic rings. The van der Waals surface area contributed by atoms with Crippen LogP contribution in [0.25, 0.3) is 11.0 Å². The van der Waals surface area contributed by atoms with Crippen LogP contribution in [0.5, 0.6) is 0 Å². The molecule has 0 unspecified atom stereocenters. The van der Waals surface area contributed by atoms with Gasteiger partial charge in [-0.15, -0.1) is 0 Å². The Hall–Kier alpha value is -2.67. The molecule has 0 aliphatic heterocycles. The van der Waals surface area contributed by atoms with Crippen LogP contribution in [0.4, 0.5) is 17.5 Å². The Morgan fingerprint density at radius 2 is 1.70 bits per heavy atom. The van der Waals surface area contributed by atoms with Crippen molar-refractivity contribution in [2.75, 3.05) is 10.6 Å². The lowest BCUT2D eigenvalue weighted by Gasteiger charge is -2.27. The molecule has 1 fully saturated rings. The van der Waals surface area contributed by atoms with Crippen molar-refractivity contribution < 1.29 is 0 Å². The Labute approximate surface area is 178 Å². The van der Waals surface area contributed by atoms with Crippen LogP contribution < -0.4 is 16.4 Å². The summed E-state index contributed by atoms with van der Waals surface area (Å²) in [6.45, 7) is 8.60. The molecule has 4 N–H and O–H groups in total. The molecule has 0 atom stereocenters. The topological polar surface area (TPSA) is 93.7 Å². The minimum atomic E-state index is 0.207. The Bertz CT molecular complexity index is 986. The van der Waals surface area contributed by atoms with Gasteiger partial charge in [0.25, 0.3) is 0 Å². The lowest BCUT2D eigenvalue weighted by molar-refractivity contribution is 0.410. The average Bonchev–Trinajstić information content (AvgIpc) is 3.11. The highest BCUT2D eigenvalue weighted by molar-refractivity contribution is 5.91. The molecule has 30 heavy (non-hydrogen) atoms. The van der Waals surface area contributed by atoms with Crippen LogP contribution in [-0.2, 0) is 0 Å². The van der Waals surface area contributed by atoms with Gasteiger partial charge in [-0.3, -0.25) is 4.68 Å². The molecule has 7 nitrogen and oxygen atoms in total. The van der Waals surface area contributed by atoms with Gasteiger partial charge in [0.05, 0.1) is 5.69 Å². The molecule has 0 bridgehead atoms. The fourth-order valence-corrected chi connectivity index (χ4v) is 4.08. The standard InChI is InChI=1S/C23H33N7/c1-14(2)19-20-21(30(29-19)15(3)4)22(25-17-8-6-5-7-9-17)28-23(27-20)26-18-12-10-16(24)11-13-18/h5-9,14-16,18H,10-13,24H2,1-4H3,(H2,25,26,27,28). The molecule has 0 spiro atoms. The van der Waals surface area contributed by atoms with Crippen LogP contribution in [-0.4, -0.2) is 31.8 Å². The fourth-order valence-electron chi connectivity index (χ4n) is 4.08. The summed E-state index contributed by atoms with van der Waals surface area (Å²) in [5, 5.41) is 12.0. The van der Waals surface area contributed by atoms with Crippen molar-refractivity contribution in [2.24, 2.45) is 5.73 Å². The zero-order chi connectivity index (χ0) is 21.3. The summed E-state index contributed by atoms with van der Waals surface area (Å²) in [4.78, 5) is 9.84. The normalized spacial score (nSPS) is 19.6. The minimum absolute atomic E-state index is 0.207. The molecule has 1 saturated carbocycles. The van der Waals surface area contributed by atoms with E-state index in [1.165, 1.54) is 0 Å². The van der Waals surface area contributed by atoms with Crippen LogP contribution in [0.3, 0.4) is 0 Å². The molecule has 1 aromatic carbocycles. The van der Waals surface area contributed by atoms with Gasteiger partial charge in [-0.05, 0) is 57.6 Å². The zero-order valence-corrected chi connectivity index (χ0v) is 18.4. The summed E-state index contributed by atoms with van der Waals surface area (Å²) >= 11 is 0. The Balaban J connectivity index is 1.80. The highest BCUT2D eigenvalue weighted by Gasteiger charge is 2.24. The van der Waals surface area contributed by atoms with Gasteiger partial charge in [0, 0.05) is 23.8 Å². The van der Waals surface area contributed by atoms with Gasteiger partial charge >= 0.3 is 0 Å². The summed E-state index contributed by atoms with van der Waals surface area (Å²) in [7, 11) is 0. The van der Waals surface area contributed by atoms with Crippen molar-refractivity contribution in [3.8, 4) is 0 Å². The number of para-hydroxylation sites is 1. The number of anilines is 3. The monoisotopic (exact) mass is 407 g/mol. The molecule has 1 aliphatic rings. The van der Waals surface area contributed by atoms with E-state index in [1.807, 2.05) is 35.0 Å². The SMILES string of the molecule is CC(C)c1nn(C(C)C)c2c(Nc3ccccc3)nc(NC3CCC(N)CC3)nc12. The maximum Gasteiger partial charge on any atom is 0.225 e. The molecule has 4 rings (SSSR count). The Kier molecular flexibility index (Phi) is 5.90. The molecular formula is C23H33N7. The lowest BCUT2D eigenvalue weighted by Crippen LogP contribution is -2.33. The lowest BCUT2D eigenvalue weighted by atomic mass is 9.92. The quantitative estimate of drug-likeness (QED) is 0.535. The summed E-state index contributed by atoms with van der Waals surface area (Å²) in [6, 6.07) is 11.0. The maximum atomic E-state index is 6.08. The number of benzene rings is 1. The van der Waals surface area contributed by atoms with Crippen LogP contribution in [0.2, 0.25) is 0 Å². The predicted molar refractivity (Wildman–Crippen MR) is 123 cm³/mol. The van der Waals surface area contributed by atoms with Crippen molar-refractivity contribution in [2.45, 2.75) is 77.4 Å². The summed E-state index contributed by atoms with van der Waals surface area (Å²) < 4.78 is 2.04. The van der Waals surface area contributed by atoms with Crippen LogP contribution >= 0.6 is 0 Å². The highest BCUT2D eigenvalue weighted by Crippen LogP contribution is 2.33. The molecule has 0 saturated heterocycles. The third-order valence-corrected chi connectivity index (χ3v) is 5.75. The molecule has 0 amide bonds. The number of nitrogens with zero attached hydrogens (tertiary/aromatic N) is 4. The largest absolute Gasteiger partial charge is 0.351 e. The first kappa shape index (κ1) is 20.6. The second kappa shape index (κ2) is 8.60. The van der Waals surface area contributed by atoms with Crippen LogP contribution in [0, 0.1) is 0 Å². The molecule has 1 aliphatic carbocycles. The molecule has 2 aromatic heterocycles. The number of hydrogen-bond donors (Lipinski definition) is 3. The van der Waals surface area contributed by atoms with Gasteiger partial charge in [0.1, 0.15) is 11.0 Å². The van der Waals surface area contributed by atoms with E-state index in [9.17, 15) is 0 Å². The Morgan fingerprint density at radius 1 is 1.00 bits per heavy atom. The van der Waals surface area contributed by atoms with E-state index < -0.39 is 0 Å². The third-order valence-electron chi connectivity index (χ3n) is 5.75. The van der Waals surface area contributed by atoms with Gasteiger partial charge in [0.15, 0.2) is 5.82 Å². The van der Waals surface area contributed by atoms with Gasteiger partial charge < -0.3 is 16.4 Å². The van der Waals surface area contributed by atoms with Crippen molar-refractivity contribution in [3.05, 3.63) is 36.0 Å². The number of aromatic nitrogens is 4. The Morgan fingerprint density at radius 3 is 2.33 bits per heavy atom. The van der Waals surface area contributed by atoms with Gasteiger partial charge in [-0.25, -0.2) is 4.98 Å². The third kappa shape index (κ3) is 4.26. The van der Waals surface area contributed by atoms with E-state index in [-0.39, 0.29) is 12.0 Å².